The first-order chi connectivity index (χ1) is 12.1. The maximum atomic E-state index is 13.0. The molecule has 0 N–H and O–H groups in total. The molecule has 6 nitrogen and oxygen atoms in total. The number of amides is 2. The van der Waals surface area contributed by atoms with Crippen molar-refractivity contribution in [3.8, 4) is 0 Å². The van der Waals surface area contributed by atoms with Gasteiger partial charge in [-0.05, 0) is 55.5 Å². The fourth-order valence-corrected chi connectivity index (χ4v) is 3.22. The third kappa shape index (κ3) is 3.73. The number of aryl methyl sites for hydroxylation is 1. The van der Waals surface area contributed by atoms with Gasteiger partial charge in [0.15, 0.2) is 5.76 Å². The van der Waals surface area contributed by atoms with Gasteiger partial charge in [0.05, 0.1) is 6.26 Å². The molecule has 6 heteroatoms. The molecule has 1 aliphatic rings. The molecule has 0 aromatic carbocycles. The standard InChI is InChI=1S/C19H23N3O3/c1-14-8-9-20-12-15(14)13-21(2)18(23)16-6-3-4-10-22(16)19(24)17-7-5-11-25-17/h5,7-9,11-12,16H,3-4,6,10,13H2,1-2H3. The molecule has 0 bridgehead atoms. The van der Waals surface area contributed by atoms with E-state index in [0.29, 0.717) is 19.5 Å². The first-order valence-electron chi connectivity index (χ1n) is 8.57. The van der Waals surface area contributed by atoms with Crippen LogP contribution in [0.1, 0.15) is 40.9 Å². The molecule has 0 radical (unpaired) electrons. The Labute approximate surface area is 147 Å². The summed E-state index contributed by atoms with van der Waals surface area (Å²) in [6.07, 6.45) is 7.53. The Kier molecular flexibility index (Phi) is 5.16. The number of likely N-dealkylation sites (N-methyl/N-ethyl adjacent to an activating group) is 1. The zero-order chi connectivity index (χ0) is 17.8. The van der Waals surface area contributed by atoms with Gasteiger partial charge in [-0.1, -0.05) is 0 Å². The van der Waals surface area contributed by atoms with Crippen molar-refractivity contribution in [3.05, 3.63) is 53.7 Å². The molecule has 1 saturated heterocycles. The van der Waals surface area contributed by atoms with Crippen LogP contribution in [0.25, 0.3) is 0 Å². The number of carbonyl (C=O) groups is 2. The Bertz CT molecular complexity index is 742. The van der Waals surface area contributed by atoms with Crippen LogP contribution >= 0.6 is 0 Å². The molecular formula is C19H23N3O3. The van der Waals surface area contributed by atoms with Crippen molar-refractivity contribution in [2.75, 3.05) is 13.6 Å². The van der Waals surface area contributed by atoms with Crippen LogP contribution in [-0.4, -0.2) is 46.2 Å². The molecule has 1 unspecified atom stereocenters. The highest BCUT2D eigenvalue weighted by Crippen LogP contribution is 2.22. The third-order valence-electron chi connectivity index (χ3n) is 4.71. The second kappa shape index (κ2) is 7.51. The monoisotopic (exact) mass is 341 g/mol. The molecule has 0 spiro atoms. The lowest BCUT2D eigenvalue weighted by molar-refractivity contribution is -0.136. The molecular weight excluding hydrogens is 318 g/mol. The van der Waals surface area contributed by atoms with Crippen LogP contribution in [0.5, 0.6) is 0 Å². The van der Waals surface area contributed by atoms with E-state index < -0.39 is 6.04 Å². The van der Waals surface area contributed by atoms with Crippen LogP contribution < -0.4 is 0 Å². The zero-order valence-electron chi connectivity index (χ0n) is 14.6. The average molecular weight is 341 g/mol. The number of hydrogen-bond donors (Lipinski definition) is 0. The minimum atomic E-state index is -0.437. The number of rotatable bonds is 4. The molecule has 2 aromatic heterocycles. The molecule has 2 amide bonds. The second-order valence-electron chi connectivity index (χ2n) is 6.48. The minimum Gasteiger partial charge on any atom is -0.459 e. The molecule has 3 heterocycles. The van der Waals surface area contributed by atoms with Crippen molar-refractivity contribution in [2.24, 2.45) is 0 Å². The average Bonchev–Trinajstić information content (AvgIpc) is 3.17. The van der Waals surface area contributed by atoms with E-state index in [1.54, 1.807) is 41.4 Å². The summed E-state index contributed by atoms with van der Waals surface area (Å²) in [5.74, 6) is 0.0299. The second-order valence-corrected chi connectivity index (χ2v) is 6.48. The number of nitrogens with zero attached hydrogens (tertiary/aromatic N) is 3. The van der Waals surface area contributed by atoms with E-state index in [2.05, 4.69) is 4.98 Å². The van der Waals surface area contributed by atoms with Gasteiger partial charge in [-0.25, -0.2) is 0 Å². The lowest BCUT2D eigenvalue weighted by Crippen LogP contribution is -2.52. The van der Waals surface area contributed by atoms with E-state index in [1.165, 1.54) is 6.26 Å². The molecule has 0 aliphatic carbocycles. The largest absolute Gasteiger partial charge is 0.459 e. The maximum absolute atomic E-state index is 13.0. The summed E-state index contributed by atoms with van der Waals surface area (Å²) >= 11 is 0. The highest BCUT2D eigenvalue weighted by Gasteiger charge is 2.35. The normalized spacial score (nSPS) is 17.4. The van der Waals surface area contributed by atoms with Crippen molar-refractivity contribution in [1.29, 1.82) is 0 Å². The third-order valence-corrected chi connectivity index (χ3v) is 4.71. The van der Waals surface area contributed by atoms with E-state index in [-0.39, 0.29) is 17.6 Å². The molecule has 1 aliphatic heterocycles. The molecule has 1 atom stereocenters. The number of pyridine rings is 1. The summed E-state index contributed by atoms with van der Waals surface area (Å²) in [4.78, 5) is 33.1. The van der Waals surface area contributed by atoms with Crippen molar-refractivity contribution in [2.45, 2.75) is 38.8 Å². The van der Waals surface area contributed by atoms with Gasteiger partial charge >= 0.3 is 0 Å². The van der Waals surface area contributed by atoms with Crippen LogP contribution in [0, 0.1) is 6.92 Å². The molecule has 2 aromatic rings. The van der Waals surface area contributed by atoms with Gasteiger partial charge in [-0.3, -0.25) is 14.6 Å². The first-order valence-corrected chi connectivity index (χ1v) is 8.57. The van der Waals surface area contributed by atoms with Crippen molar-refractivity contribution in [1.82, 2.24) is 14.8 Å². The fourth-order valence-electron chi connectivity index (χ4n) is 3.22. The summed E-state index contributed by atoms with van der Waals surface area (Å²) in [7, 11) is 1.78. The van der Waals surface area contributed by atoms with Crippen LogP contribution in [0.2, 0.25) is 0 Å². The molecule has 0 saturated carbocycles. The molecule has 3 rings (SSSR count). The van der Waals surface area contributed by atoms with Gasteiger partial charge in [0.25, 0.3) is 5.91 Å². The number of likely N-dealkylation sites (tertiary alicyclic amines) is 1. The van der Waals surface area contributed by atoms with E-state index in [1.807, 2.05) is 13.0 Å². The maximum Gasteiger partial charge on any atom is 0.290 e. The van der Waals surface area contributed by atoms with Crippen molar-refractivity contribution < 1.29 is 14.0 Å². The lowest BCUT2D eigenvalue weighted by Gasteiger charge is -2.36. The summed E-state index contributed by atoms with van der Waals surface area (Å²) < 4.78 is 5.22. The SMILES string of the molecule is Cc1ccncc1CN(C)C(=O)C1CCCCN1C(=O)c1ccco1. The highest BCUT2D eigenvalue weighted by atomic mass is 16.3. The Morgan fingerprint density at radius 1 is 1.36 bits per heavy atom. The molecule has 1 fully saturated rings. The van der Waals surface area contributed by atoms with Gasteiger partial charge in [0.2, 0.25) is 5.91 Å². The van der Waals surface area contributed by atoms with E-state index in [4.69, 9.17) is 4.42 Å². The Hall–Kier alpha value is -2.63. The summed E-state index contributed by atoms with van der Waals surface area (Å²) in [6.45, 7) is 3.07. The predicted molar refractivity (Wildman–Crippen MR) is 92.8 cm³/mol. The number of carbonyl (C=O) groups excluding carboxylic acids is 2. The van der Waals surface area contributed by atoms with Gasteiger partial charge in [0, 0.05) is 32.5 Å². The Balaban J connectivity index is 1.74. The smallest absolute Gasteiger partial charge is 0.290 e. The van der Waals surface area contributed by atoms with Gasteiger partial charge in [-0.15, -0.1) is 0 Å². The van der Waals surface area contributed by atoms with E-state index in [0.717, 1.165) is 24.0 Å². The van der Waals surface area contributed by atoms with Crippen molar-refractivity contribution >= 4 is 11.8 Å². The van der Waals surface area contributed by atoms with Gasteiger partial charge in [0.1, 0.15) is 6.04 Å². The Morgan fingerprint density at radius 2 is 2.20 bits per heavy atom. The van der Waals surface area contributed by atoms with Gasteiger partial charge < -0.3 is 14.2 Å². The summed E-state index contributed by atoms with van der Waals surface area (Å²) in [5, 5.41) is 0. The highest BCUT2D eigenvalue weighted by molar-refractivity contribution is 5.95. The van der Waals surface area contributed by atoms with E-state index in [9.17, 15) is 9.59 Å². The zero-order valence-corrected chi connectivity index (χ0v) is 14.6. The molecule has 132 valence electrons. The topological polar surface area (TPSA) is 66.7 Å². The fraction of sp³-hybridized carbons (Fsp3) is 0.421. The van der Waals surface area contributed by atoms with Crippen LogP contribution in [0.3, 0.4) is 0 Å². The Morgan fingerprint density at radius 3 is 2.92 bits per heavy atom. The quantitative estimate of drug-likeness (QED) is 0.857. The predicted octanol–water partition coefficient (Wildman–Crippen LogP) is 2.64. The number of hydrogen-bond acceptors (Lipinski definition) is 4. The van der Waals surface area contributed by atoms with E-state index >= 15 is 0 Å². The number of piperidine rings is 1. The van der Waals surface area contributed by atoms with Crippen LogP contribution in [0.4, 0.5) is 0 Å². The summed E-state index contributed by atoms with van der Waals surface area (Å²) in [6, 6.07) is 4.82. The number of aromatic nitrogens is 1. The van der Waals surface area contributed by atoms with Crippen LogP contribution in [-0.2, 0) is 11.3 Å². The van der Waals surface area contributed by atoms with Crippen LogP contribution in [0.15, 0.2) is 41.3 Å². The first kappa shape index (κ1) is 17.2. The number of furan rings is 1. The lowest BCUT2D eigenvalue weighted by atomic mass is 10.00. The van der Waals surface area contributed by atoms with Crippen molar-refractivity contribution in [3.63, 3.8) is 0 Å². The minimum absolute atomic E-state index is 0.0390. The van der Waals surface area contributed by atoms with Gasteiger partial charge in [-0.2, -0.15) is 0 Å². The summed E-state index contributed by atoms with van der Waals surface area (Å²) in [5.41, 5.74) is 2.11. The molecule has 25 heavy (non-hydrogen) atoms.